The van der Waals surface area contributed by atoms with Crippen LogP contribution in [0.1, 0.15) is 43.0 Å². The molecule has 2 heterocycles. The van der Waals surface area contributed by atoms with Crippen molar-refractivity contribution >= 4 is 41.1 Å². The van der Waals surface area contributed by atoms with Gasteiger partial charge >= 0.3 is 6.09 Å². The fourth-order valence-corrected chi connectivity index (χ4v) is 4.46. The van der Waals surface area contributed by atoms with Gasteiger partial charge < -0.3 is 25.6 Å². The standard InChI is InChI=1S/C21H27Cl2FN4O4/c1-2-32-20(31)28-9-3-13(4-10-28)26-19(30)21(5-7-25-8-6-21)27-18(29)14-11-17(24)16(23)12-15(14)22/h11-13,25H,2-10H2,1H3,(H,26,30)(H,27,29). The Morgan fingerprint density at radius 3 is 2.47 bits per heavy atom. The minimum absolute atomic E-state index is 0.00438. The molecule has 3 rings (SSSR count). The van der Waals surface area contributed by atoms with Gasteiger partial charge in [0.25, 0.3) is 5.91 Å². The van der Waals surface area contributed by atoms with Crippen molar-refractivity contribution in [3.63, 3.8) is 0 Å². The van der Waals surface area contributed by atoms with Crippen LogP contribution >= 0.6 is 23.2 Å². The number of carbonyl (C=O) groups is 3. The van der Waals surface area contributed by atoms with E-state index in [1.54, 1.807) is 11.8 Å². The number of nitrogens with zero attached hydrogens (tertiary/aromatic N) is 1. The number of amides is 3. The zero-order valence-electron chi connectivity index (χ0n) is 17.8. The molecular weight excluding hydrogens is 462 g/mol. The predicted octanol–water partition coefficient (Wildman–Crippen LogP) is 2.72. The molecule has 3 amide bonds. The number of hydrogen-bond acceptors (Lipinski definition) is 5. The molecule has 0 atom stereocenters. The van der Waals surface area contributed by atoms with E-state index in [9.17, 15) is 18.8 Å². The number of rotatable bonds is 5. The van der Waals surface area contributed by atoms with Crippen LogP contribution in [0.5, 0.6) is 0 Å². The lowest BCUT2D eigenvalue weighted by molar-refractivity contribution is -0.129. The van der Waals surface area contributed by atoms with Crippen molar-refractivity contribution in [1.82, 2.24) is 20.9 Å². The van der Waals surface area contributed by atoms with Gasteiger partial charge in [0, 0.05) is 19.1 Å². The van der Waals surface area contributed by atoms with Crippen LogP contribution in [0.2, 0.25) is 10.0 Å². The van der Waals surface area contributed by atoms with E-state index in [-0.39, 0.29) is 33.7 Å². The van der Waals surface area contributed by atoms with Crippen LogP contribution in [0.4, 0.5) is 9.18 Å². The van der Waals surface area contributed by atoms with Crippen molar-refractivity contribution in [3.8, 4) is 0 Å². The van der Waals surface area contributed by atoms with Crippen LogP contribution in [-0.2, 0) is 9.53 Å². The normalized spacial score (nSPS) is 18.7. The van der Waals surface area contributed by atoms with Gasteiger partial charge in [-0.3, -0.25) is 9.59 Å². The average Bonchev–Trinajstić information content (AvgIpc) is 2.77. The highest BCUT2D eigenvalue weighted by Crippen LogP contribution is 2.26. The third kappa shape index (κ3) is 5.63. The van der Waals surface area contributed by atoms with Gasteiger partial charge in [-0.2, -0.15) is 0 Å². The molecule has 1 aromatic carbocycles. The van der Waals surface area contributed by atoms with E-state index in [4.69, 9.17) is 27.9 Å². The molecule has 32 heavy (non-hydrogen) atoms. The highest BCUT2D eigenvalue weighted by Gasteiger charge is 2.42. The van der Waals surface area contributed by atoms with Crippen molar-refractivity contribution < 1.29 is 23.5 Å². The monoisotopic (exact) mass is 488 g/mol. The molecule has 8 nitrogen and oxygen atoms in total. The molecular formula is C21H27Cl2FN4O4. The number of nitrogens with one attached hydrogen (secondary N) is 3. The number of likely N-dealkylation sites (tertiary alicyclic amines) is 1. The molecule has 0 aliphatic carbocycles. The summed E-state index contributed by atoms with van der Waals surface area (Å²) in [6, 6.07) is 2.01. The summed E-state index contributed by atoms with van der Waals surface area (Å²) >= 11 is 11.8. The summed E-state index contributed by atoms with van der Waals surface area (Å²) in [6.07, 6.45) is 1.56. The second-order valence-electron chi connectivity index (χ2n) is 7.97. The molecule has 2 aliphatic heterocycles. The largest absolute Gasteiger partial charge is 0.450 e. The van der Waals surface area contributed by atoms with Gasteiger partial charge in [-0.15, -0.1) is 0 Å². The Morgan fingerprint density at radius 2 is 1.84 bits per heavy atom. The molecule has 11 heteroatoms. The van der Waals surface area contributed by atoms with Crippen LogP contribution in [0, 0.1) is 5.82 Å². The Kier molecular flexibility index (Phi) is 8.19. The van der Waals surface area contributed by atoms with Crippen molar-refractivity contribution in [3.05, 3.63) is 33.6 Å². The molecule has 176 valence electrons. The minimum Gasteiger partial charge on any atom is -0.450 e. The number of hydrogen-bond donors (Lipinski definition) is 3. The van der Waals surface area contributed by atoms with E-state index in [0.717, 1.165) is 6.07 Å². The van der Waals surface area contributed by atoms with E-state index in [0.29, 0.717) is 58.5 Å². The van der Waals surface area contributed by atoms with Gasteiger partial charge in [0.15, 0.2) is 0 Å². The number of piperidine rings is 2. The maximum atomic E-state index is 13.9. The number of ether oxygens (including phenoxy) is 1. The van der Waals surface area contributed by atoms with Crippen LogP contribution in [0.3, 0.4) is 0 Å². The molecule has 0 saturated carbocycles. The van der Waals surface area contributed by atoms with Crippen LogP contribution in [0.25, 0.3) is 0 Å². The van der Waals surface area contributed by atoms with E-state index in [1.165, 1.54) is 6.07 Å². The zero-order valence-corrected chi connectivity index (χ0v) is 19.3. The fourth-order valence-electron chi connectivity index (χ4n) is 3.99. The molecule has 2 fully saturated rings. The van der Waals surface area contributed by atoms with Crippen molar-refractivity contribution in [2.75, 3.05) is 32.8 Å². The summed E-state index contributed by atoms with van der Waals surface area (Å²) in [5, 5.41) is 8.82. The van der Waals surface area contributed by atoms with Crippen LogP contribution < -0.4 is 16.0 Å². The first kappa shape index (κ1) is 24.5. The Labute approximate surface area is 196 Å². The quantitative estimate of drug-likeness (QED) is 0.553. The van der Waals surface area contributed by atoms with Gasteiger partial charge in [0.05, 0.1) is 22.2 Å². The Bertz CT molecular complexity index is 872. The lowest BCUT2D eigenvalue weighted by Crippen LogP contribution is -2.64. The second kappa shape index (κ2) is 10.7. The highest BCUT2D eigenvalue weighted by molar-refractivity contribution is 6.36. The molecule has 0 radical (unpaired) electrons. The summed E-state index contributed by atoms with van der Waals surface area (Å²) in [4.78, 5) is 39.7. The average molecular weight is 489 g/mol. The SMILES string of the molecule is CCOC(=O)N1CCC(NC(=O)C2(NC(=O)c3cc(F)c(Cl)cc3Cl)CCNCC2)CC1. The van der Waals surface area contributed by atoms with Gasteiger partial charge in [-0.1, -0.05) is 23.2 Å². The fraction of sp³-hybridized carbons (Fsp3) is 0.571. The maximum Gasteiger partial charge on any atom is 0.409 e. The van der Waals surface area contributed by atoms with Crippen molar-refractivity contribution in [2.24, 2.45) is 0 Å². The minimum atomic E-state index is -1.15. The first-order valence-electron chi connectivity index (χ1n) is 10.7. The van der Waals surface area contributed by atoms with Gasteiger partial charge in [0.2, 0.25) is 5.91 Å². The van der Waals surface area contributed by atoms with E-state index < -0.39 is 17.3 Å². The smallest absolute Gasteiger partial charge is 0.409 e. The Hall–Kier alpha value is -2.10. The number of halogens is 3. The molecule has 3 N–H and O–H groups in total. The summed E-state index contributed by atoms with van der Waals surface area (Å²) < 4.78 is 18.9. The van der Waals surface area contributed by atoms with Crippen molar-refractivity contribution in [2.45, 2.75) is 44.2 Å². The molecule has 0 bridgehead atoms. The topological polar surface area (TPSA) is 99.8 Å². The van der Waals surface area contributed by atoms with E-state index >= 15 is 0 Å². The molecule has 0 spiro atoms. The van der Waals surface area contributed by atoms with Crippen LogP contribution in [-0.4, -0.2) is 67.2 Å². The summed E-state index contributed by atoms with van der Waals surface area (Å²) in [7, 11) is 0. The molecule has 1 aromatic rings. The molecule has 0 aromatic heterocycles. The lowest BCUT2D eigenvalue weighted by Gasteiger charge is -2.39. The second-order valence-corrected chi connectivity index (χ2v) is 8.78. The zero-order chi connectivity index (χ0) is 23.3. The predicted molar refractivity (Wildman–Crippen MR) is 118 cm³/mol. The molecule has 0 unspecified atom stereocenters. The van der Waals surface area contributed by atoms with Gasteiger partial charge in [-0.05, 0) is 57.8 Å². The highest BCUT2D eigenvalue weighted by atomic mass is 35.5. The Morgan fingerprint density at radius 1 is 1.19 bits per heavy atom. The summed E-state index contributed by atoms with van der Waals surface area (Å²) in [5.74, 6) is -1.70. The van der Waals surface area contributed by atoms with E-state index in [2.05, 4.69) is 16.0 Å². The van der Waals surface area contributed by atoms with Gasteiger partial charge in [0.1, 0.15) is 11.4 Å². The number of benzene rings is 1. The summed E-state index contributed by atoms with van der Waals surface area (Å²) in [6.45, 7) is 4.10. The summed E-state index contributed by atoms with van der Waals surface area (Å²) in [5.41, 5.74) is -1.23. The number of carbonyl (C=O) groups excluding carboxylic acids is 3. The van der Waals surface area contributed by atoms with Crippen molar-refractivity contribution in [1.29, 1.82) is 0 Å². The third-order valence-electron chi connectivity index (χ3n) is 5.86. The molecule has 2 saturated heterocycles. The van der Waals surface area contributed by atoms with E-state index in [1.807, 2.05) is 0 Å². The maximum absolute atomic E-state index is 13.9. The first-order valence-corrected chi connectivity index (χ1v) is 11.4. The first-order chi connectivity index (χ1) is 15.3. The lowest BCUT2D eigenvalue weighted by atomic mass is 9.86. The van der Waals surface area contributed by atoms with Crippen LogP contribution in [0.15, 0.2) is 12.1 Å². The van der Waals surface area contributed by atoms with Gasteiger partial charge in [-0.25, -0.2) is 9.18 Å². The molecule has 2 aliphatic rings. The third-order valence-corrected chi connectivity index (χ3v) is 6.46. The Balaban J connectivity index is 1.68.